The Morgan fingerprint density at radius 1 is 0.792 bits per heavy atom. The van der Waals surface area contributed by atoms with Crippen LogP contribution in [-0.2, 0) is 5.60 Å². The molecule has 118 valence electrons. The standard InChI is InChI=1S/C22H18O2/c1-23-20-12-13-21-17(16-20)14-15-22(24-21,18-8-4-2-5-9-18)19-10-6-3-7-11-19/h2-16H,1H3. The van der Waals surface area contributed by atoms with E-state index >= 15 is 0 Å². The smallest absolute Gasteiger partial charge is 0.178 e. The van der Waals surface area contributed by atoms with Crippen LogP contribution in [0.5, 0.6) is 11.5 Å². The van der Waals surface area contributed by atoms with Gasteiger partial charge in [0.05, 0.1) is 7.11 Å². The lowest BCUT2D eigenvalue weighted by molar-refractivity contribution is 0.161. The molecule has 3 aromatic carbocycles. The lowest BCUT2D eigenvalue weighted by Crippen LogP contribution is -2.34. The molecule has 0 bridgehead atoms. The summed E-state index contributed by atoms with van der Waals surface area (Å²) >= 11 is 0. The van der Waals surface area contributed by atoms with E-state index in [1.807, 2.05) is 54.6 Å². The van der Waals surface area contributed by atoms with E-state index in [1.165, 1.54) is 0 Å². The highest BCUT2D eigenvalue weighted by molar-refractivity contribution is 5.65. The lowest BCUT2D eigenvalue weighted by Gasteiger charge is -2.36. The van der Waals surface area contributed by atoms with Crippen LogP contribution >= 0.6 is 0 Å². The number of ether oxygens (including phenoxy) is 2. The molecule has 3 aromatic rings. The number of hydrogen-bond donors (Lipinski definition) is 0. The first-order chi connectivity index (χ1) is 11.8. The van der Waals surface area contributed by atoms with Crippen LogP contribution in [0.3, 0.4) is 0 Å². The van der Waals surface area contributed by atoms with Crippen molar-refractivity contribution in [1.29, 1.82) is 0 Å². The van der Waals surface area contributed by atoms with E-state index in [-0.39, 0.29) is 0 Å². The summed E-state index contributed by atoms with van der Waals surface area (Å²) in [4.78, 5) is 0. The molecule has 0 atom stereocenters. The van der Waals surface area contributed by atoms with Crippen molar-refractivity contribution in [3.63, 3.8) is 0 Å². The Labute approximate surface area is 142 Å². The molecule has 0 N–H and O–H groups in total. The Hall–Kier alpha value is -3.00. The summed E-state index contributed by atoms with van der Waals surface area (Å²) in [6.45, 7) is 0. The van der Waals surface area contributed by atoms with Gasteiger partial charge in [-0.05, 0) is 24.3 Å². The van der Waals surface area contributed by atoms with Crippen LogP contribution in [-0.4, -0.2) is 7.11 Å². The monoisotopic (exact) mass is 314 g/mol. The fraction of sp³-hybridized carbons (Fsp3) is 0.0909. The van der Waals surface area contributed by atoms with Gasteiger partial charge in [-0.2, -0.15) is 0 Å². The number of fused-ring (bicyclic) bond motifs is 1. The normalized spacial score (nSPS) is 14.5. The number of methoxy groups -OCH3 is 1. The van der Waals surface area contributed by atoms with Crippen molar-refractivity contribution in [1.82, 2.24) is 0 Å². The third-order valence-corrected chi connectivity index (χ3v) is 4.39. The molecule has 0 saturated heterocycles. The van der Waals surface area contributed by atoms with Gasteiger partial charge >= 0.3 is 0 Å². The molecule has 0 amide bonds. The quantitative estimate of drug-likeness (QED) is 0.674. The molecular weight excluding hydrogens is 296 g/mol. The van der Waals surface area contributed by atoms with E-state index in [1.54, 1.807) is 7.11 Å². The van der Waals surface area contributed by atoms with E-state index in [0.717, 1.165) is 28.2 Å². The van der Waals surface area contributed by atoms with Crippen molar-refractivity contribution in [3.8, 4) is 11.5 Å². The molecule has 1 aliphatic rings. The topological polar surface area (TPSA) is 18.5 Å². The molecule has 0 fully saturated rings. The summed E-state index contributed by atoms with van der Waals surface area (Å²) in [7, 11) is 1.67. The maximum absolute atomic E-state index is 6.55. The van der Waals surface area contributed by atoms with Gasteiger partial charge in [0.2, 0.25) is 0 Å². The lowest BCUT2D eigenvalue weighted by atomic mass is 9.84. The molecule has 2 heteroatoms. The first-order valence-electron chi connectivity index (χ1n) is 7.99. The largest absolute Gasteiger partial charge is 0.497 e. The Kier molecular flexibility index (Phi) is 3.58. The molecule has 0 aromatic heterocycles. The molecule has 0 spiro atoms. The van der Waals surface area contributed by atoms with E-state index in [0.29, 0.717) is 0 Å². The van der Waals surface area contributed by atoms with Gasteiger partial charge in [0.15, 0.2) is 5.60 Å². The third-order valence-electron chi connectivity index (χ3n) is 4.39. The Morgan fingerprint density at radius 3 is 2.00 bits per heavy atom. The van der Waals surface area contributed by atoms with Gasteiger partial charge < -0.3 is 9.47 Å². The first-order valence-corrected chi connectivity index (χ1v) is 7.99. The summed E-state index contributed by atoms with van der Waals surface area (Å²) in [6.07, 6.45) is 4.24. The summed E-state index contributed by atoms with van der Waals surface area (Å²) in [5.74, 6) is 1.68. The average molecular weight is 314 g/mol. The summed E-state index contributed by atoms with van der Waals surface area (Å²) in [5, 5.41) is 0. The zero-order valence-electron chi connectivity index (χ0n) is 13.5. The van der Waals surface area contributed by atoms with Crippen LogP contribution in [0.1, 0.15) is 16.7 Å². The van der Waals surface area contributed by atoms with E-state index in [4.69, 9.17) is 9.47 Å². The van der Waals surface area contributed by atoms with Gasteiger partial charge in [-0.15, -0.1) is 0 Å². The van der Waals surface area contributed by atoms with Gasteiger partial charge in [0.1, 0.15) is 11.5 Å². The van der Waals surface area contributed by atoms with Crippen LogP contribution in [0.25, 0.3) is 6.08 Å². The number of rotatable bonds is 3. The molecule has 0 aliphatic carbocycles. The second-order valence-corrected chi connectivity index (χ2v) is 5.81. The molecule has 0 unspecified atom stereocenters. The zero-order valence-corrected chi connectivity index (χ0v) is 13.5. The predicted octanol–water partition coefficient (Wildman–Crippen LogP) is 5.04. The molecular formula is C22H18O2. The second kappa shape index (κ2) is 5.89. The highest BCUT2D eigenvalue weighted by Crippen LogP contribution is 2.42. The third kappa shape index (κ3) is 2.37. The van der Waals surface area contributed by atoms with Gasteiger partial charge in [-0.25, -0.2) is 0 Å². The maximum atomic E-state index is 6.55. The van der Waals surface area contributed by atoms with Crippen molar-refractivity contribution >= 4 is 6.08 Å². The highest BCUT2D eigenvalue weighted by atomic mass is 16.5. The van der Waals surface area contributed by atoms with Crippen molar-refractivity contribution in [3.05, 3.63) is 102 Å². The fourth-order valence-electron chi connectivity index (χ4n) is 3.14. The van der Waals surface area contributed by atoms with Crippen molar-refractivity contribution in [2.45, 2.75) is 5.60 Å². The maximum Gasteiger partial charge on any atom is 0.178 e. The fourth-order valence-corrected chi connectivity index (χ4v) is 3.14. The molecule has 1 heterocycles. The van der Waals surface area contributed by atoms with Gasteiger partial charge in [-0.1, -0.05) is 66.7 Å². The summed E-state index contributed by atoms with van der Waals surface area (Å²) < 4.78 is 11.9. The predicted molar refractivity (Wildman–Crippen MR) is 96.3 cm³/mol. The van der Waals surface area contributed by atoms with Crippen LogP contribution in [0.4, 0.5) is 0 Å². The molecule has 2 nitrogen and oxygen atoms in total. The number of hydrogen-bond acceptors (Lipinski definition) is 2. The highest BCUT2D eigenvalue weighted by Gasteiger charge is 2.36. The minimum absolute atomic E-state index is 0.621. The average Bonchev–Trinajstić information content (AvgIpc) is 2.68. The summed E-state index contributed by atoms with van der Waals surface area (Å²) in [5.41, 5.74) is 2.61. The molecule has 4 rings (SSSR count). The molecule has 1 aliphatic heterocycles. The van der Waals surface area contributed by atoms with Crippen LogP contribution in [0.15, 0.2) is 84.9 Å². The Morgan fingerprint density at radius 2 is 1.42 bits per heavy atom. The molecule has 24 heavy (non-hydrogen) atoms. The minimum atomic E-state index is -0.621. The van der Waals surface area contributed by atoms with Crippen LogP contribution in [0, 0.1) is 0 Å². The minimum Gasteiger partial charge on any atom is -0.497 e. The van der Waals surface area contributed by atoms with Gasteiger partial charge in [-0.3, -0.25) is 0 Å². The molecule has 0 radical (unpaired) electrons. The molecule has 0 saturated carbocycles. The van der Waals surface area contributed by atoms with Crippen molar-refractivity contribution < 1.29 is 9.47 Å². The first kappa shape index (κ1) is 14.6. The SMILES string of the molecule is COc1ccc2c(c1)C=CC(c1ccccc1)(c1ccccc1)O2. The number of benzene rings is 3. The van der Waals surface area contributed by atoms with Crippen molar-refractivity contribution in [2.24, 2.45) is 0 Å². The van der Waals surface area contributed by atoms with Gasteiger partial charge in [0, 0.05) is 16.7 Å². The van der Waals surface area contributed by atoms with E-state index < -0.39 is 5.60 Å². The van der Waals surface area contributed by atoms with Crippen molar-refractivity contribution in [2.75, 3.05) is 7.11 Å². The Bertz CT molecular complexity index is 827. The van der Waals surface area contributed by atoms with E-state index in [9.17, 15) is 0 Å². The van der Waals surface area contributed by atoms with Gasteiger partial charge in [0.25, 0.3) is 0 Å². The zero-order chi connectivity index (χ0) is 16.4. The van der Waals surface area contributed by atoms with Crippen LogP contribution in [0.2, 0.25) is 0 Å². The second-order valence-electron chi connectivity index (χ2n) is 5.81. The van der Waals surface area contributed by atoms with E-state index in [2.05, 4.69) is 36.4 Å². The van der Waals surface area contributed by atoms with Crippen LogP contribution < -0.4 is 9.47 Å². The Balaban J connectivity index is 1.88. The summed E-state index contributed by atoms with van der Waals surface area (Å²) in [6, 6.07) is 26.5.